The number of alkyl halides is 2. The molecule has 0 amide bonds. The van der Waals surface area contributed by atoms with E-state index in [9.17, 15) is 8.78 Å². The van der Waals surface area contributed by atoms with Crippen LogP contribution in [-0.2, 0) is 5.55 Å². The van der Waals surface area contributed by atoms with Gasteiger partial charge in [0.15, 0.2) is 0 Å². The summed E-state index contributed by atoms with van der Waals surface area (Å²) in [5.41, 5.74) is -2.59. The van der Waals surface area contributed by atoms with Crippen LogP contribution in [0.25, 0.3) is 0 Å². The van der Waals surface area contributed by atoms with E-state index in [0.717, 1.165) is 0 Å². The number of rotatable bonds is 2. The molecule has 0 aromatic heterocycles. The molecule has 0 aliphatic heterocycles. The van der Waals surface area contributed by atoms with Crippen molar-refractivity contribution in [1.29, 1.82) is 0 Å². The number of benzene rings is 1. The summed E-state index contributed by atoms with van der Waals surface area (Å²) in [6, 6.07) is 6.24. The van der Waals surface area contributed by atoms with Crippen molar-refractivity contribution in [2.75, 3.05) is 0 Å². The van der Waals surface area contributed by atoms with Crippen LogP contribution in [0, 0.1) is 6.92 Å². The first kappa shape index (κ1) is 11.0. The zero-order chi connectivity index (χ0) is 10.1. The van der Waals surface area contributed by atoms with Gasteiger partial charge in [0.05, 0.1) is 0 Å². The van der Waals surface area contributed by atoms with Crippen molar-refractivity contribution in [3.05, 3.63) is 35.4 Å². The quantitative estimate of drug-likeness (QED) is 0.550. The fraction of sp³-hybridized carbons (Fsp3) is 0.250. The van der Waals surface area contributed by atoms with Gasteiger partial charge in [-0.05, 0) is 12.5 Å². The van der Waals surface area contributed by atoms with E-state index in [1.165, 1.54) is 6.07 Å². The summed E-state index contributed by atoms with van der Waals surface area (Å²) < 4.78 is 26.7. The molecule has 0 atom stereocenters. The van der Waals surface area contributed by atoms with Gasteiger partial charge in [-0.1, -0.05) is 24.3 Å². The molecule has 0 unspecified atom stereocenters. The number of aryl methyl sites for hydroxylation is 1. The fourth-order valence-corrected chi connectivity index (χ4v) is 2.33. The monoisotopic (exact) mass is 240 g/mol. The molecule has 1 aromatic rings. The molecule has 0 aliphatic rings. The zero-order valence-corrected chi connectivity index (χ0v) is 9.57. The maximum absolute atomic E-state index is 13.3. The molecular formula is C8H8Cl2F2Si. The first-order valence-electron chi connectivity index (χ1n) is 3.68. The number of hydrogen-bond donors (Lipinski definition) is 0. The Labute approximate surface area is 86.5 Å². The molecule has 72 valence electrons. The summed E-state index contributed by atoms with van der Waals surface area (Å²) in [6.45, 7) is 1.62. The Morgan fingerprint density at radius 2 is 1.77 bits per heavy atom. The summed E-state index contributed by atoms with van der Waals surface area (Å²) in [4.78, 5) is 0. The van der Waals surface area contributed by atoms with Crippen molar-refractivity contribution in [2.24, 2.45) is 0 Å². The van der Waals surface area contributed by atoms with Gasteiger partial charge in [-0.3, -0.25) is 0 Å². The van der Waals surface area contributed by atoms with Gasteiger partial charge in [-0.2, -0.15) is 0 Å². The predicted octanol–water partition coefficient (Wildman–Crippen LogP) is 3.32. The Bertz CT molecular complexity index is 302. The lowest BCUT2D eigenvalue weighted by atomic mass is 10.1. The van der Waals surface area contributed by atoms with E-state index in [1.54, 1.807) is 25.1 Å². The van der Waals surface area contributed by atoms with Crippen LogP contribution >= 0.6 is 22.2 Å². The molecule has 0 nitrogen and oxygen atoms in total. The van der Waals surface area contributed by atoms with Crippen LogP contribution in [0.2, 0.25) is 0 Å². The summed E-state index contributed by atoms with van der Waals surface area (Å²) >= 11 is 10.7. The highest BCUT2D eigenvalue weighted by molar-refractivity contribution is 7.34. The summed E-state index contributed by atoms with van der Waals surface area (Å²) in [5.74, 6) is 0. The van der Waals surface area contributed by atoms with E-state index >= 15 is 0 Å². The Balaban J connectivity index is 3.14. The van der Waals surface area contributed by atoms with Gasteiger partial charge < -0.3 is 0 Å². The van der Waals surface area contributed by atoms with Crippen LogP contribution in [-0.4, -0.2) is 7.42 Å². The molecule has 0 radical (unpaired) electrons. The van der Waals surface area contributed by atoms with Crippen molar-refractivity contribution in [3.8, 4) is 0 Å². The predicted molar refractivity (Wildman–Crippen MR) is 53.9 cm³/mol. The first-order valence-corrected chi connectivity index (χ1v) is 7.75. The van der Waals surface area contributed by atoms with Crippen LogP contribution in [0.4, 0.5) is 8.78 Å². The van der Waals surface area contributed by atoms with E-state index in [1.807, 2.05) is 0 Å². The largest absolute Gasteiger partial charge is 0.318 e. The summed E-state index contributed by atoms with van der Waals surface area (Å²) in [6.07, 6.45) is 0. The SMILES string of the molecule is Cc1ccccc1C(F)(F)[SiH](Cl)Cl. The highest BCUT2D eigenvalue weighted by Crippen LogP contribution is 2.35. The van der Waals surface area contributed by atoms with Crippen LogP contribution < -0.4 is 0 Å². The summed E-state index contributed by atoms with van der Waals surface area (Å²) in [5, 5.41) is 0. The molecule has 0 saturated carbocycles. The minimum absolute atomic E-state index is 0.0586. The van der Waals surface area contributed by atoms with Crippen LogP contribution in [0.15, 0.2) is 24.3 Å². The van der Waals surface area contributed by atoms with Crippen molar-refractivity contribution in [3.63, 3.8) is 0 Å². The van der Waals surface area contributed by atoms with Gasteiger partial charge in [-0.15, -0.1) is 22.2 Å². The van der Waals surface area contributed by atoms with Crippen molar-refractivity contribution in [1.82, 2.24) is 0 Å². The molecule has 0 N–H and O–H groups in total. The Morgan fingerprint density at radius 3 is 2.23 bits per heavy atom. The maximum Gasteiger partial charge on any atom is 0.318 e. The molecule has 1 aromatic carbocycles. The highest BCUT2D eigenvalue weighted by atomic mass is 35.7. The second-order valence-electron chi connectivity index (χ2n) is 2.74. The lowest BCUT2D eigenvalue weighted by Crippen LogP contribution is -2.27. The molecule has 0 saturated heterocycles. The van der Waals surface area contributed by atoms with E-state index in [-0.39, 0.29) is 5.56 Å². The van der Waals surface area contributed by atoms with E-state index in [0.29, 0.717) is 5.56 Å². The van der Waals surface area contributed by atoms with Gasteiger partial charge >= 0.3 is 7.42 Å². The van der Waals surface area contributed by atoms with Gasteiger partial charge in [0.25, 0.3) is 5.55 Å². The second kappa shape index (κ2) is 3.94. The highest BCUT2D eigenvalue weighted by Gasteiger charge is 2.41. The molecule has 5 heteroatoms. The maximum atomic E-state index is 13.3. The average molecular weight is 241 g/mol. The minimum atomic E-state index is -3.05. The molecule has 0 spiro atoms. The van der Waals surface area contributed by atoms with Crippen LogP contribution in [0.5, 0.6) is 0 Å². The van der Waals surface area contributed by atoms with Gasteiger partial charge in [-0.25, -0.2) is 8.78 Å². The third-order valence-corrected chi connectivity index (χ3v) is 4.28. The molecule has 13 heavy (non-hydrogen) atoms. The van der Waals surface area contributed by atoms with Gasteiger partial charge in [0.1, 0.15) is 0 Å². The lowest BCUT2D eigenvalue weighted by Gasteiger charge is -2.18. The fourth-order valence-electron chi connectivity index (χ4n) is 1.06. The first-order chi connectivity index (χ1) is 5.96. The van der Waals surface area contributed by atoms with E-state index < -0.39 is 13.0 Å². The topological polar surface area (TPSA) is 0 Å². The number of hydrogen-bond acceptors (Lipinski definition) is 0. The average Bonchev–Trinajstić information content (AvgIpc) is 2.04. The van der Waals surface area contributed by atoms with Gasteiger partial charge in [0.2, 0.25) is 0 Å². The van der Waals surface area contributed by atoms with Crippen molar-refractivity contribution >= 4 is 29.6 Å². The smallest absolute Gasteiger partial charge is 0.204 e. The molecule has 0 fully saturated rings. The Morgan fingerprint density at radius 1 is 1.23 bits per heavy atom. The van der Waals surface area contributed by atoms with Crippen LogP contribution in [0.3, 0.4) is 0 Å². The molecule has 1 rings (SSSR count). The number of halogens is 4. The molecule has 0 heterocycles. The van der Waals surface area contributed by atoms with Crippen molar-refractivity contribution < 1.29 is 8.78 Å². The molecule has 0 aliphatic carbocycles. The van der Waals surface area contributed by atoms with Crippen LogP contribution in [0.1, 0.15) is 11.1 Å². The minimum Gasteiger partial charge on any atom is -0.204 e. The zero-order valence-electron chi connectivity index (χ0n) is 6.90. The van der Waals surface area contributed by atoms with E-state index in [2.05, 4.69) is 0 Å². The molecular weight excluding hydrogens is 233 g/mol. The summed E-state index contributed by atoms with van der Waals surface area (Å²) in [7, 11) is -3.02. The third kappa shape index (κ3) is 2.21. The standard InChI is InChI=1S/C8H8Cl2F2Si/c1-6-4-2-3-5-7(6)8(11,12)13(9)10/h2-5,13H,1H3. The van der Waals surface area contributed by atoms with Crippen molar-refractivity contribution in [2.45, 2.75) is 12.5 Å². The van der Waals surface area contributed by atoms with Gasteiger partial charge in [0, 0.05) is 5.56 Å². The second-order valence-corrected chi connectivity index (χ2v) is 7.35. The Kier molecular flexibility index (Phi) is 3.32. The Hall–Kier alpha value is -0.123. The third-order valence-electron chi connectivity index (χ3n) is 1.78. The normalized spacial score (nSPS) is 12.2. The molecule has 0 bridgehead atoms. The lowest BCUT2D eigenvalue weighted by molar-refractivity contribution is 0.0897. The van der Waals surface area contributed by atoms with E-state index in [4.69, 9.17) is 22.2 Å².